The fraction of sp³-hybridized carbons (Fsp3) is 0.0769. The van der Waals surface area contributed by atoms with Crippen LogP contribution in [0.2, 0.25) is 0 Å². The zero-order chi connectivity index (χ0) is 12.7. The molecule has 18 heavy (non-hydrogen) atoms. The number of carbonyl (C=O) groups is 1. The summed E-state index contributed by atoms with van der Waals surface area (Å²) < 4.78 is 5.02. The van der Waals surface area contributed by atoms with Crippen LogP contribution >= 0.6 is 0 Å². The van der Waals surface area contributed by atoms with Gasteiger partial charge in [0.1, 0.15) is 5.56 Å². The number of hydrogen-bond acceptors (Lipinski definition) is 3. The van der Waals surface area contributed by atoms with Crippen LogP contribution in [0, 0.1) is 6.92 Å². The first-order chi connectivity index (χ1) is 8.66. The van der Waals surface area contributed by atoms with Crippen LogP contribution in [-0.2, 0) is 0 Å². The summed E-state index contributed by atoms with van der Waals surface area (Å²) in [6, 6.07) is 7.75. The maximum Gasteiger partial charge on any atom is 0.341 e. The summed E-state index contributed by atoms with van der Waals surface area (Å²) in [5.74, 6) is -0.806. The fourth-order valence-electron chi connectivity index (χ4n) is 2.02. The van der Waals surface area contributed by atoms with Crippen molar-refractivity contribution < 1.29 is 14.4 Å². The van der Waals surface area contributed by atoms with E-state index < -0.39 is 5.97 Å². The quantitative estimate of drug-likeness (QED) is 0.724. The molecule has 0 amide bonds. The van der Waals surface area contributed by atoms with Gasteiger partial charge in [-0.05, 0) is 24.6 Å². The molecule has 2 aromatic heterocycles. The molecular weight excluding hydrogens is 232 g/mol. The number of H-pyrrole nitrogens is 1. The number of hydrogen-bond donors (Lipinski definition) is 2. The third-order valence-corrected chi connectivity index (χ3v) is 2.93. The van der Waals surface area contributed by atoms with Crippen molar-refractivity contribution in [3.63, 3.8) is 0 Å². The Morgan fingerprint density at radius 2 is 2.28 bits per heavy atom. The van der Waals surface area contributed by atoms with E-state index in [1.165, 1.54) is 6.20 Å². The van der Waals surface area contributed by atoms with Gasteiger partial charge in [0.2, 0.25) is 0 Å². The predicted molar refractivity (Wildman–Crippen MR) is 65.5 cm³/mol. The van der Waals surface area contributed by atoms with Crippen molar-refractivity contribution in [3.8, 4) is 11.5 Å². The number of nitrogens with one attached hydrogen (secondary N) is 1. The highest BCUT2D eigenvalue weighted by Gasteiger charge is 2.18. The molecule has 0 saturated heterocycles. The number of aromatic amines is 1. The highest BCUT2D eigenvalue weighted by Crippen LogP contribution is 2.28. The largest absolute Gasteiger partial charge is 0.477 e. The molecule has 0 spiro atoms. The Morgan fingerprint density at radius 3 is 3.00 bits per heavy atom. The molecule has 0 bridgehead atoms. The Hall–Kier alpha value is -2.56. The number of carboxylic acid groups (broad SMARTS) is 1. The van der Waals surface area contributed by atoms with Crippen LogP contribution in [-0.4, -0.2) is 21.2 Å². The molecule has 1 aromatic carbocycles. The molecule has 90 valence electrons. The lowest BCUT2D eigenvalue weighted by Crippen LogP contribution is -1.95. The van der Waals surface area contributed by atoms with Crippen LogP contribution in [0.25, 0.3) is 22.4 Å². The second-order valence-electron chi connectivity index (χ2n) is 4.09. The fourth-order valence-corrected chi connectivity index (χ4v) is 2.02. The Balaban J connectivity index is 2.23. The number of carboxylic acids is 1. The SMILES string of the molecule is Cc1cccc2[nH]c(-c3oncc3C(=O)O)cc12. The second kappa shape index (κ2) is 3.73. The van der Waals surface area contributed by atoms with Crippen molar-refractivity contribution in [2.45, 2.75) is 6.92 Å². The second-order valence-corrected chi connectivity index (χ2v) is 4.09. The third-order valence-electron chi connectivity index (χ3n) is 2.93. The molecule has 0 saturated carbocycles. The molecule has 0 aliphatic heterocycles. The molecule has 5 nitrogen and oxygen atoms in total. The van der Waals surface area contributed by atoms with Crippen LogP contribution in [0.3, 0.4) is 0 Å². The smallest absolute Gasteiger partial charge is 0.341 e. The molecule has 0 fully saturated rings. The third kappa shape index (κ3) is 1.48. The molecule has 3 rings (SSSR count). The highest BCUT2D eigenvalue weighted by molar-refractivity contribution is 5.96. The minimum Gasteiger partial charge on any atom is -0.477 e. The van der Waals surface area contributed by atoms with E-state index in [0.29, 0.717) is 5.69 Å². The maximum absolute atomic E-state index is 11.0. The number of aromatic carboxylic acids is 1. The van der Waals surface area contributed by atoms with Crippen molar-refractivity contribution >= 4 is 16.9 Å². The van der Waals surface area contributed by atoms with E-state index in [1.54, 1.807) is 0 Å². The number of nitrogens with zero attached hydrogens (tertiary/aromatic N) is 1. The summed E-state index contributed by atoms with van der Waals surface area (Å²) in [5.41, 5.74) is 2.73. The van der Waals surface area contributed by atoms with Gasteiger partial charge in [0.15, 0.2) is 5.76 Å². The molecule has 2 N–H and O–H groups in total. The predicted octanol–water partition coefficient (Wildman–Crippen LogP) is 2.83. The van der Waals surface area contributed by atoms with E-state index >= 15 is 0 Å². The molecule has 2 heterocycles. The van der Waals surface area contributed by atoms with Crippen LogP contribution in [0.1, 0.15) is 15.9 Å². The van der Waals surface area contributed by atoms with Gasteiger partial charge >= 0.3 is 5.97 Å². The first-order valence-corrected chi connectivity index (χ1v) is 5.43. The number of rotatable bonds is 2. The molecule has 0 aliphatic carbocycles. The van der Waals surface area contributed by atoms with Gasteiger partial charge in [0, 0.05) is 10.9 Å². The van der Waals surface area contributed by atoms with Gasteiger partial charge < -0.3 is 14.6 Å². The number of benzene rings is 1. The van der Waals surface area contributed by atoms with Gasteiger partial charge in [-0.2, -0.15) is 0 Å². The number of fused-ring (bicyclic) bond motifs is 1. The minimum absolute atomic E-state index is 0.0548. The van der Waals surface area contributed by atoms with E-state index in [-0.39, 0.29) is 11.3 Å². The van der Waals surface area contributed by atoms with Gasteiger partial charge in [-0.3, -0.25) is 0 Å². The zero-order valence-corrected chi connectivity index (χ0v) is 9.60. The van der Waals surface area contributed by atoms with Crippen molar-refractivity contribution in [1.29, 1.82) is 0 Å². The molecule has 0 radical (unpaired) electrons. The van der Waals surface area contributed by atoms with E-state index in [4.69, 9.17) is 9.63 Å². The summed E-state index contributed by atoms with van der Waals surface area (Å²) in [6.45, 7) is 2.00. The summed E-state index contributed by atoms with van der Waals surface area (Å²) in [6.07, 6.45) is 1.20. The van der Waals surface area contributed by atoms with Crippen molar-refractivity contribution in [2.75, 3.05) is 0 Å². The Bertz CT molecular complexity index is 740. The Labute approximate surface area is 102 Å². The summed E-state index contributed by atoms with van der Waals surface area (Å²) in [5, 5.41) is 13.6. The van der Waals surface area contributed by atoms with E-state index in [2.05, 4.69) is 10.1 Å². The molecule has 5 heteroatoms. The van der Waals surface area contributed by atoms with E-state index in [0.717, 1.165) is 16.5 Å². The van der Waals surface area contributed by atoms with Gasteiger partial charge in [0.25, 0.3) is 0 Å². The van der Waals surface area contributed by atoms with E-state index in [1.807, 2.05) is 31.2 Å². The average Bonchev–Trinajstić information content (AvgIpc) is 2.95. The number of aryl methyl sites for hydroxylation is 1. The molecule has 0 unspecified atom stereocenters. The van der Waals surface area contributed by atoms with Gasteiger partial charge in [0.05, 0.1) is 11.9 Å². The van der Waals surface area contributed by atoms with Gasteiger partial charge in [-0.25, -0.2) is 4.79 Å². The summed E-state index contributed by atoms with van der Waals surface area (Å²) in [7, 11) is 0. The van der Waals surface area contributed by atoms with Gasteiger partial charge in [-0.15, -0.1) is 0 Å². The monoisotopic (exact) mass is 242 g/mol. The molecule has 3 aromatic rings. The van der Waals surface area contributed by atoms with E-state index in [9.17, 15) is 4.79 Å². The topological polar surface area (TPSA) is 79.1 Å². The highest BCUT2D eigenvalue weighted by atomic mass is 16.5. The lowest BCUT2D eigenvalue weighted by Gasteiger charge is -1.92. The normalized spacial score (nSPS) is 10.9. The summed E-state index contributed by atoms with van der Waals surface area (Å²) >= 11 is 0. The number of aromatic nitrogens is 2. The molecular formula is C13H10N2O3. The van der Waals surface area contributed by atoms with Gasteiger partial charge in [-0.1, -0.05) is 17.3 Å². The molecule has 0 atom stereocenters. The van der Waals surface area contributed by atoms with Crippen molar-refractivity contribution in [2.24, 2.45) is 0 Å². The lowest BCUT2D eigenvalue weighted by atomic mass is 10.1. The zero-order valence-electron chi connectivity index (χ0n) is 9.60. The first-order valence-electron chi connectivity index (χ1n) is 5.43. The molecule has 0 aliphatic rings. The van der Waals surface area contributed by atoms with Crippen molar-refractivity contribution in [1.82, 2.24) is 10.1 Å². The summed E-state index contributed by atoms with van der Waals surface area (Å²) in [4.78, 5) is 14.2. The Kier molecular flexibility index (Phi) is 2.19. The van der Waals surface area contributed by atoms with Crippen LogP contribution in [0.15, 0.2) is 35.0 Å². The first kappa shape index (κ1) is 10.6. The maximum atomic E-state index is 11.0. The minimum atomic E-state index is -1.05. The van der Waals surface area contributed by atoms with Crippen LogP contribution in [0.5, 0.6) is 0 Å². The standard InChI is InChI=1S/C13H10N2O3/c1-7-3-2-4-10-8(7)5-11(15-10)12-9(13(16)17)6-14-18-12/h2-6,15H,1H3,(H,16,17). The average molecular weight is 242 g/mol. The Morgan fingerprint density at radius 1 is 1.44 bits per heavy atom. The van der Waals surface area contributed by atoms with Crippen molar-refractivity contribution in [3.05, 3.63) is 41.6 Å². The van der Waals surface area contributed by atoms with Crippen LogP contribution < -0.4 is 0 Å². The van der Waals surface area contributed by atoms with Crippen LogP contribution in [0.4, 0.5) is 0 Å². The lowest BCUT2D eigenvalue weighted by molar-refractivity contribution is 0.0697.